The van der Waals surface area contributed by atoms with Gasteiger partial charge in [0, 0.05) is 24.2 Å². The van der Waals surface area contributed by atoms with Crippen LogP contribution in [0, 0.1) is 23.2 Å². The molecule has 0 aromatic heterocycles. The Morgan fingerprint density at radius 1 is 1.26 bits per heavy atom. The molecule has 1 heterocycles. The van der Waals surface area contributed by atoms with Crippen molar-refractivity contribution in [2.45, 2.75) is 51.7 Å². The number of rotatable bonds is 7. The van der Waals surface area contributed by atoms with Crippen LogP contribution in [-0.2, 0) is 16.0 Å². The SMILES string of the molecule is COc1ccc(CC[NH2+]C[C@@H]2C(=O)O[C@@H]3CC4=CCC[C@@H](C)[C@@]4(C)[C@H](O)[C@H]23)cc1OC. The van der Waals surface area contributed by atoms with E-state index >= 15 is 0 Å². The number of benzene rings is 1. The highest BCUT2D eigenvalue weighted by molar-refractivity contribution is 5.76. The number of esters is 1. The van der Waals surface area contributed by atoms with Crippen LogP contribution in [0.4, 0.5) is 0 Å². The van der Waals surface area contributed by atoms with E-state index in [1.807, 2.05) is 18.2 Å². The minimum absolute atomic E-state index is 0.118. The van der Waals surface area contributed by atoms with Gasteiger partial charge in [-0.1, -0.05) is 31.6 Å². The van der Waals surface area contributed by atoms with E-state index in [0.717, 1.165) is 49.3 Å². The first-order valence-electron chi connectivity index (χ1n) is 11.5. The van der Waals surface area contributed by atoms with Crippen LogP contribution in [0.3, 0.4) is 0 Å². The first-order chi connectivity index (χ1) is 14.9. The normalized spacial score (nSPS) is 34.4. The summed E-state index contributed by atoms with van der Waals surface area (Å²) in [6.07, 6.45) is 5.33. The van der Waals surface area contributed by atoms with Crippen LogP contribution < -0.4 is 14.8 Å². The van der Waals surface area contributed by atoms with Gasteiger partial charge in [0.1, 0.15) is 12.0 Å². The second-order valence-corrected chi connectivity index (χ2v) is 9.55. The fraction of sp³-hybridized carbons (Fsp3) is 0.640. The zero-order valence-electron chi connectivity index (χ0n) is 19.1. The summed E-state index contributed by atoms with van der Waals surface area (Å²) in [5.41, 5.74) is 2.20. The van der Waals surface area contributed by atoms with Crippen LogP contribution in [-0.4, -0.2) is 50.6 Å². The molecule has 1 aromatic carbocycles. The van der Waals surface area contributed by atoms with Crippen molar-refractivity contribution in [3.8, 4) is 11.5 Å². The zero-order valence-corrected chi connectivity index (χ0v) is 19.1. The molecule has 3 aliphatic rings. The van der Waals surface area contributed by atoms with E-state index in [4.69, 9.17) is 14.2 Å². The summed E-state index contributed by atoms with van der Waals surface area (Å²) in [7, 11) is 3.27. The highest BCUT2D eigenvalue weighted by atomic mass is 16.6. The lowest BCUT2D eigenvalue weighted by Crippen LogP contribution is -2.86. The molecule has 0 bridgehead atoms. The van der Waals surface area contributed by atoms with Gasteiger partial charge in [0.2, 0.25) is 0 Å². The van der Waals surface area contributed by atoms with Crippen molar-refractivity contribution >= 4 is 5.97 Å². The number of nitrogens with two attached hydrogens (primary N) is 1. The van der Waals surface area contributed by atoms with Crippen LogP contribution in [0.1, 0.15) is 38.7 Å². The fourth-order valence-electron chi connectivity index (χ4n) is 5.93. The van der Waals surface area contributed by atoms with E-state index in [2.05, 4.69) is 25.2 Å². The lowest BCUT2D eigenvalue weighted by Gasteiger charge is -2.51. The Kier molecular flexibility index (Phi) is 6.31. The minimum Gasteiger partial charge on any atom is -0.493 e. The van der Waals surface area contributed by atoms with Crippen molar-refractivity contribution in [2.75, 3.05) is 27.3 Å². The first kappa shape index (κ1) is 22.2. The number of hydrogen-bond donors (Lipinski definition) is 2. The van der Waals surface area contributed by atoms with Crippen LogP contribution in [0.2, 0.25) is 0 Å². The summed E-state index contributed by atoms with van der Waals surface area (Å²) in [6, 6.07) is 5.96. The lowest BCUT2D eigenvalue weighted by atomic mass is 9.55. The molecule has 1 aromatic rings. The Labute approximate surface area is 185 Å². The molecule has 6 atom stereocenters. The molecule has 4 rings (SSSR count). The third kappa shape index (κ3) is 3.85. The predicted molar refractivity (Wildman–Crippen MR) is 117 cm³/mol. The van der Waals surface area contributed by atoms with Crippen LogP contribution in [0.5, 0.6) is 11.5 Å². The summed E-state index contributed by atoms with van der Waals surface area (Å²) < 4.78 is 16.4. The van der Waals surface area contributed by atoms with Gasteiger partial charge >= 0.3 is 5.97 Å². The fourth-order valence-corrected chi connectivity index (χ4v) is 5.93. The number of allylic oxidation sites excluding steroid dienone is 1. The van der Waals surface area contributed by atoms with Crippen LogP contribution >= 0.6 is 0 Å². The van der Waals surface area contributed by atoms with Gasteiger partial charge in [-0.25, -0.2) is 0 Å². The number of aliphatic hydroxyl groups excluding tert-OH is 1. The second kappa shape index (κ2) is 8.83. The molecule has 1 saturated heterocycles. The maximum absolute atomic E-state index is 12.7. The van der Waals surface area contributed by atoms with E-state index in [0.29, 0.717) is 12.5 Å². The summed E-state index contributed by atoms with van der Waals surface area (Å²) in [6.45, 7) is 5.92. The molecule has 2 fully saturated rings. The van der Waals surface area contributed by atoms with Crippen molar-refractivity contribution in [2.24, 2.45) is 23.2 Å². The van der Waals surface area contributed by atoms with Gasteiger partial charge in [0.25, 0.3) is 0 Å². The number of aliphatic hydroxyl groups is 1. The van der Waals surface area contributed by atoms with Gasteiger partial charge in [-0.05, 0) is 36.5 Å². The van der Waals surface area contributed by atoms with Gasteiger partial charge in [0.05, 0.1) is 33.4 Å². The van der Waals surface area contributed by atoms with Gasteiger partial charge in [-0.2, -0.15) is 0 Å². The standard InChI is InChI=1S/C25H35NO5/c1-15-6-5-7-17-13-21-22(23(27)25(15,17)2)18(24(28)31-21)14-26-11-10-16-8-9-19(29-3)20(12-16)30-4/h7-9,12,15,18,21-23,26-27H,5-6,10-11,13-14H2,1-4H3/p+1/t15-,18+,21-,22-,23-,25-/m1/s1. The summed E-state index contributed by atoms with van der Waals surface area (Å²) >= 11 is 0. The van der Waals surface area contributed by atoms with Crippen molar-refractivity contribution in [3.63, 3.8) is 0 Å². The average molecular weight is 431 g/mol. The minimum atomic E-state index is -0.538. The second-order valence-electron chi connectivity index (χ2n) is 9.55. The molecule has 1 aliphatic heterocycles. The average Bonchev–Trinajstić information content (AvgIpc) is 3.08. The largest absolute Gasteiger partial charge is 0.493 e. The Hall–Kier alpha value is -2.05. The van der Waals surface area contributed by atoms with Gasteiger partial charge < -0.3 is 24.6 Å². The first-order valence-corrected chi connectivity index (χ1v) is 11.5. The molecule has 0 amide bonds. The van der Waals surface area contributed by atoms with Crippen LogP contribution in [0.15, 0.2) is 29.8 Å². The van der Waals surface area contributed by atoms with Crippen molar-refractivity contribution in [1.29, 1.82) is 0 Å². The maximum atomic E-state index is 12.7. The smallest absolute Gasteiger partial charge is 0.315 e. The van der Waals surface area contributed by atoms with E-state index in [1.165, 1.54) is 5.57 Å². The number of ether oxygens (including phenoxy) is 3. The molecular weight excluding hydrogens is 394 g/mol. The van der Waals surface area contributed by atoms with Gasteiger partial charge in [0.15, 0.2) is 11.5 Å². The number of carbonyl (C=O) groups is 1. The summed E-state index contributed by atoms with van der Waals surface area (Å²) in [4.78, 5) is 12.7. The van der Waals surface area contributed by atoms with Crippen LogP contribution in [0.25, 0.3) is 0 Å². The Morgan fingerprint density at radius 3 is 2.77 bits per heavy atom. The van der Waals surface area contributed by atoms with Crippen molar-refractivity contribution < 1.29 is 29.4 Å². The number of hydrogen-bond acceptors (Lipinski definition) is 5. The zero-order chi connectivity index (χ0) is 22.2. The molecular formula is C25H36NO5+. The van der Waals surface area contributed by atoms with Crippen molar-refractivity contribution in [3.05, 3.63) is 35.4 Å². The molecule has 3 N–H and O–H groups in total. The van der Waals surface area contributed by atoms with Gasteiger partial charge in [-0.15, -0.1) is 0 Å². The van der Waals surface area contributed by atoms with Gasteiger partial charge in [-0.3, -0.25) is 4.79 Å². The van der Waals surface area contributed by atoms with E-state index in [1.54, 1.807) is 14.2 Å². The highest BCUT2D eigenvalue weighted by Gasteiger charge is 2.60. The Morgan fingerprint density at radius 2 is 2.03 bits per heavy atom. The lowest BCUT2D eigenvalue weighted by molar-refractivity contribution is -0.659. The molecule has 170 valence electrons. The third-order valence-corrected chi connectivity index (χ3v) is 8.08. The number of methoxy groups -OCH3 is 2. The monoisotopic (exact) mass is 430 g/mol. The third-order valence-electron chi connectivity index (χ3n) is 8.08. The number of quaternary nitrogens is 1. The predicted octanol–water partition coefficient (Wildman–Crippen LogP) is 2.09. The molecule has 31 heavy (non-hydrogen) atoms. The maximum Gasteiger partial charge on any atom is 0.315 e. The molecule has 6 heteroatoms. The summed E-state index contributed by atoms with van der Waals surface area (Å²) in [5.74, 6) is 1.34. The number of fused-ring (bicyclic) bond motifs is 2. The van der Waals surface area contributed by atoms with E-state index in [-0.39, 0.29) is 29.3 Å². The molecule has 0 spiro atoms. The molecule has 0 unspecified atom stereocenters. The van der Waals surface area contributed by atoms with Crippen molar-refractivity contribution in [1.82, 2.24) is 0 Å². The molecule has 2 aliphatic carbocycles. The quantitative estimate of drug-likeness (QED) is 0.393. The molecule has 6 nitrogen and oxygen atoms in total. The molecule has 1 saturated carbocycles. The Bertz CT molecular complexity index is 852. The summed E-state index contributed by atoms with van der Waals surface area (Å²) in [5, 5.41) is 13.6. The number of carbonyl (C=O) groups excluding carboxylic acids is 1. The molecule has 0 radical (unpaired) electrons. The highest BCUT2D eigenvalue weighted by Crippen LogP contribution is 2.55. The topological polar surface area (TPSA) is 81.6 Å². The van der Waals surface area contributed by atoms with E-state index in [9.17, 15) is 9.90 Å². The Balaban J connectivity index is 1.39. The van der Waals surface area contributed by atoms with E-state index < -0.39 is 6.10 Å².